The van der Waals surface area contributed by atoms with Crippen LogP contribution in [0.25, 0.3) is 0 Å². The van der Waals surface area contributed by atoms with Crippen molar-refractivity contribution in [2.24, 2.45) is 4.99 Å². The first-order chi connectivity index (χ1) is 12.6. The molecule has 1 aromatic carbocycles. The van der Waals surface area contributed by atoms with Crippen LogP contribution in [0.3, 0.4) is 0 Å². The molecule has 3 rings (SSSR count). The number of nitrogens with zero attached hydrogens (tertiary/aromatic N) is 3. The van der Waals surface area contributed by atoms with Crippen LogP contribution in [0, 0.1) is 0 Å². The summed E-state index contributed by atoms with van der Waals surface area (Å²) in [7, 11) is 1.87. The largest absolute Gasteiger partial charge is 0.369 e. The fourth-order valence-corrected chi connectivity index (χ4v) is 4.05. The van der Waals surface area contributed by atoms with Crippen LogP contribution in [0.1, 0.15) is 39.5 Å². The molecular formula is C21H36IN5. The van der Waals surface area contributed by atoms with Gasteiger partial charge in [-0.1, -0.05) is 24.6 Å². The minimum absolute atomic E-state index is 0. The van der Waals surface area contributed by atoms with Crippen LogP contribution in [-0.2, 0) is 0 Å². The van der Waals surface area contributed by atoms with Crippen molar-refractivity contribution in [1.82, 2.24) is 15.5 Å². The Labute approximate surface area is 182 Å². The average molecular weight is 485 g/mol. The number of benzene rings is 1. The molecule has 2 fully saturated rings. The second-order valence-corrected chi connectivity index (χ2v) is 8.20. The predicted molar refractivity (Wildman–Crippen MR) is 126 cm³/mol. The summed E-state index contributed by atoms with van der Waals surface area (Å²) in [5, 5.41) is 7.19. The Morgan fingerprint density at radius 3 is 2.48 bits per heavy atom. The van der Waals surface area contributed by atoms with Gasteiger partial charge in [0.2, 0.25) is 0 Å². The average Bonchev–Trinajstić information content (AvgIpc) is 3.15. The molecule has 2 aliphatic heterocycles. The zero-order chi connectivity index (χ0) is 18.4. The van der Waals surface area contributed by atoms with E-state index in [-0.39, 0.29) is 29.5 Å². The number of anilines is 1. The van der Waals surface area contributed by atoms with Gasteiger partial charge >= 0.3 is 0 Å². The van der Waals surface area contributed by atoms with Gasteiger partial charge in [0.1, 0.15) is 0 Å². The van der Waals surface area contributed by atoms with Crippen LogP contribution in [0.5, 0.6) is 0 Å². The molecule has 1 unspecified atom stereocenters. The number of aliphatic imine (C=N–C) groups is 1. The van der Waals surface area contributed by atoms with E-state index < -0.39 is 0 Å². The summed E-state index contributed by atoms with van der Waals surface area (Å²) in [4.78, 5) is 9.52. The molecule has 2 saturated heterocycles. The fraction of sp³-hybridized carbons (Fsp3) is 0.667. The summed E-state index contributed by atoms with van der Waals surface area (Å²) in [6.45, 7) is 10.2. The summed E-state index contributed by atoms with van der Waals surface area (Å²) in [5.74, 6) is 0.926. The maximum absolute atomic E-state index is 4.45. The van der Waals surface area contributed by atoms with E-state index in [0.29, 0.717) is 6.04 Å². The number of guanidine groups is 1. The molecule has 0 bridgehead atoms. The molecule has 5 nitrogen and oxygen atoms in total. The van der Waals surface area contributed by atoms with Gasteiger partial charge in [0.15, 0.2) is 5.96 Å². The number of hydrogen-bond acceptors (Lipinski definition) is 3. The standard InChI is InChI=1S/C21H35N5.HI/c1-21(2,26-13-8-5-9-14-26)17-23-20(22-3)24-18-12-15-25(16-18)19-10-6-4-7-11-19;/h4,6-7,10-11,18H,5,8-9,12-17H2,1-3H3,(H2,22,23,24);1H. The molecule has 0 amide bonds. The van der Waals surface area contributed by atoms with Gasteiger partial charge < -0.3 is 15.5 Å². The second-order valence-electron chi connectivity index (χ2n) is 8.20. The summed E-state index contributed by atoms with van der Waals surface area (Å²) in [6, 6.07) is 11.1. The Kier molecular flexibility index (Phi) is 8.66. The van der Waals surface area contributed by atoms with Crippen LogP contribution >= 0.6 is 24.0 Å². The number of nitrogens with one attached hydrogen (secondary N) is 2. The summed E-state index contributed by atoms with van der Waals surface area (Å²) in [5.41, 5.74) is 1.47. The van der Waals surface area contributed by atoms with Gasteiger partial charge in [0, 0.05) is 44.0 Å². The zero-order valence-electron chi connectivity index (χ0n) is 17.1. The number of likely N-dealkylation sites (tertiary alicyclic amines) is 1. The zero-order valence-corrected chi connectivity index (χ0v) is 19.4. The Hall–Kier alpha value is -1.02. The Morgan fingerprint density at radius 1 is 1.11 bits per heavy atom. The number of hydrogen-bond donors (Lipinski definition) is 2. The monoisotopic (exact) mass is 485 g/mol. The van der Waals surface area contributed by atoms with Crippen LogP contribution in [-0.4, -0.2) is 62.2 Å². The van der Waals surface area contributed by atoms with Gasteiger partial charge in [-0.2, -0.15) is 0 Å². The van der Waals surface area contributed by atoms with Crippen molar-refractivity contribution >= 4 is 35.6 Å². The van der Waals surface area contributed by atoms with Crippen molar-refractivity contribution < 1.29 is 0 Å². The van der Waals surface area contributed by atoms with Gasteiger partial charge in [-0.25, -0.2) is 0 Å². The summed E-state index contributed by atoms with van der Waals surface area (Å²) in [6.07, 6.45) is 5.18. The van der Waals surface area contributed by atoms with E-state index in [1.807, 2.05) is 7.05 Å². The minimum atomic E-state index is 0. The molecule has 0 radical (unpaired) electrons. The molecule has 152 valence electrons. The van der Waals surface area contributed by atoms with Gasteiger partial charge in [-0.05, 0) is 58.3 Å². The van der Waals surface area contributed by atoms with Crippen molar-refractivity contribution in [3.8, 4) is 0 Å². The van der Waals surface area contributed by atoms with Gasteiger partial charge in [-0.15, -0.1) is 24.0 Å². The van der Waals surface area contributed by atoms with E-state index in [1.165, 1.54) is 38.0 Å². The summed E-state index contributed by atoms with van der Waals surface area (Å²) >= 11 is 0. The van der Waals surface area contributed by atoms with E-state index in [0.717, 1.165) is 32.0 Å². The third kappa shape index (κ3) is 6.24. The first kappa shape index (κ1) is 22.3. The third-order valence-corrected chi connectivity index (χ3v) is 5.77. The highest BCUT2D eigenvalue weighted by molar-refractivity contribution is 14.0. The molecule has 2 N–H and O–H groups in total. The number of halogens is 1. The molecule has 27 heavy (non-hydrogen) atoms. The Morgan fingerprint density at radius 2 is 1.81 bits per heavy atom. The Balaban J connectivity index is 0.00000261. The van der Waals surface area contributed by atoms with Crippen molar-refractivity contribution in [1.29, 1.82) is 0 Å². The van der Waals surface area contributed by atoms with Crippen molar-refractivity contribution in [3.63, 3.8) is 0 Å². The molecule has 1 atom stereocenters. The van der Waals surface area contributed by atoms with Crippen molar-refractivity contribution in [2.45, 2.75) is 51.1 Å². The minimum Gasteiger partial charge on any atom is -0.369 e. The molecule has 0 aromatic heterocycles. The lowest BCUT2D eigenvalue weighted by molar-refractivity contribution is 0.0982. The van der Waals surface area contributed by atoms with E-state index >= 15 is 0 Å². The van der Waals surface area contributed by atoms with Gasteiger partial charge in [-0.3, -0.25) is 9.89 Å². The molecule has 2 aliphatic rings. The van der Waals surface area contributed by atoms with Gasteiger partial charge in [0.25, 0.3) is 0 Å². The second kappa shape index (κ2) is 10.5. The third-order valence-electron chi connectivity index (χ3n) is 5.77. The van der Waals surface area contributed by atoms with Crippen molar-refractivity contribution in [3.05, 3.63) is 30.3 Å². The van der Waals surface area contributed by atoms with E-state index in [9.17, 15) is 0 Å². The highest BCUT2D eigenvalue weighted by Gasteiger charge is 2.29. The Bertz CT molecular complexity index is 583. The van der Waals surface area contributed by atoms with Gasteiger partial charge in [0.05, 0.1) is 0 Å². The molecule has 0 aliphatic carbocycles. The van der Waals surface area contributed by atoms with Crippen LogP contribution in [0.15, 0.2) is 35.3 Å². The highest BCUT2D eigenvalue weighted by atomic mass is 127. The predicted octanol–water partition coefficient (Wildman–Crippen LogP) is 3.31. The molecule has 0 spiro atoms. The normalized spacial score (nSPS) is 21.7. The van der Waals surface area contributed by atoms with E-state index in [2.05, 4.69) is 69.6 Å². The SMILES string of the molecule is CN=C(NCC(C)(C)N1CCCCC1)NC1CCN(c2ccccc2)C1.I. The smallest absolute Gasteiger partial charge is 0.191 e. The molecule has 0 saturated carbocycles. The lowest BCUT2D eigenvalue weighted by atomic mass is 9.98. The van der Waals surface area contributed by atoms with Crippen LogP contribution < -0.4 is 15.5 Å². The first-order valence-electron chi connectivity index (χ1n) is 10.1. The lowest BCUT2D eigenvalue weighted by Gasteiger charge is -2.41. The molecule has 1 aromatic rings. The first-order valence-corrected chi connectivity index (χ1v) is 10.1. The summed E-state index contributed by atoms with van der Waals surface area (Å²) < 4.78 is 0. The molecule has 6 heteroatoms. The lowest BCUT2D eigenvalue weighted by Crippen LogP contribution is -2.55. The highest BCUT2D eigenvalue weighted by Crippen LogP contribution is 2.21. The molecule has 2 heterocycles. The van der Waals surface area contributed by atoms with E-state index in [1.54, 1.807) is 0 Å². The quantitative estimate of drug-likeness (QED) is 0.382. The topological polar surface area (TPSA) is 42.9 Å². The van der Waals surface area contributed by atoms with Crippen LogP contribution in [0.2, 0.25) is 0 Å². The van der Waals surface area contributed by atoms with E-state index in [4.69, 9.17) is 0 Å². The molecular weight excluding hydrogens is 449 g/mol. The maximum Gasteiger partial charge on any atom is 0.191 e. The number of rotatable bonds is 5. The van der Waals surface area contributed by atoms with Crippen LogP contribution in [0.4, 0.5) is 5.69 Å². The van der Waals surface area contributed by atoms with Crippen molar-refractivity contribution in [2.75, 3.05) is 44.7 Å². The fourth-order valence-electron chi connectivity index (χ4n) is 4.05. The number of piperidine rings is 1. The number of para-hydroxylation sites is 1. The maximum atomic E-state index is 4.45.